The van der Waals surface area contributed by atoms with Gasteiger partial charge >= 0.3 is 5.97 Å². The SMILES string of the molecule is CCCC(C)COCCCC(C)(NC1CC1)C(=O)OC. The van der Waals surface area contributed by atoms with Crippen molar-refractivity contribution in [2.75, 3.05) is 20.3 Å². The van der Waals surface area contributed by atoms with Gasteiger partial charge in [0.1, 0.15) is 5.54 Å². The number of carbonyl (C=O) groups excluding carboxylic acids is 1. The molecule has 20 heavy (non-hydrogen) atoms. The van der Waals surface area contributed by atoms with Crippen molar-refractivity contribution in [3.05, 3.63) is 0 Å². The Morgan fingerprint density at radius 2 is 2.15 bits per heavy atom. The standard InChI is InChI=1S/C16H31NO3/c1-5-7-13(2)12-20-11-6-10-16(3,15(18)19-4)17-14-8-9-14/h13-14,17H,5-12H2,1-4H3. The Labute approximate surface area is 123 Å². The van der Waals surface area contributed by atoms with Crippen molar-refractivity contribution in [1.82, 2.24) is 5.32 Å². The molecule has 1 aliphatic carbocycles. The largest absolute Gasteiger partial charge is 0.468 e. The summed E-state index contributed by atoms with van der Waals surface area (Å²) in [6, 6.07) is 0.490. The lowest BCUT2D eigenvalue weighted by Gasteiger charge is -2.28. The Balaban J connectivity index is 2.23. The van der Waals surface area contributed by atoms with E-state index in [-0.39, 0.29) is 5.97 Å². The summed E-state index contributed by atoms with van der Waals surface area (Å²) in [5, 5.41) is 3.41. The molecule has 0 spiro atoms. The van der Waals surface area contributed by atoms with Crippen LogP contribution < -0.4 is 5.32 Å². The zero-order valence-electron chi connectivity index (χ0n) is 13.5. The van der Waals surface area contributed by atoms with Gasteiger partial charge in [-0.05, 0) is 44.9 Å². The van der Waals surface area contributed by atoms with Gasteiger partial charge in [0, 0.05) is 19.3 Å². The molecule has 1 saturated carbocycles. The van der Waals surface area contributed by atoms with Gasteiger partial charge in [-0.25, -0.2) is 0 Å². The molecule has 118 valence electrons. The fourth-order valence-electron chi connectivity index (χ4n) is 2.53. The molecule has 0 aliphatic heterocycles. The number of esters is 1. The number of hydrogen-bond acceptors (Lipinski definition) is 4. The molecule has 1 N–H and O–H groups in total. The van der Waals surface area contributed by atoms with Crippen LogP contribution >= 0.6 is 0 Å². The van der Waals surface area contributed by atoms with Gasteiger partial charge in [0.25, 0.3) is 0 Å². The number of hydrogen-bond donors (Lipinski definition) is 1. The lowest BCUT2D eigenvalue weighted by molar-refractivity contribution is -0.148. The third-order valence-corrected chi connectivity index (χ3v) is 3.89. The fourth-order valence-corrected chi connectivity index (χ4v) is 2.53. The first-order valence-corrected chi connectivity index (χ1v) is 7.95. The molecule has 0 aromatic rings. The van der Waals surface area contributed by atoms with Gasteiger partial charge < -0.3 is 9.47 Å². The summed E-state index contributed by atoms with van der Waals surface area (Å²) in [5.41, 5.74) is -0.561. The Hall–Kier alpha value is -0.610. The van der Waals surface area contributed by atoms with E-state index in [0.29, 0.717) is 18.6 Å². The molecule has 2 atom stereocenters. The van der Waals surface area contributed by atoms with E-state index in [1.807, 2.05) is 6.92 Å². The first kappa shape index (κ1) is 17.4. The maximum atomic E-state index is 11.9. The van der Waals surface area contributed by atoms with Crippen molar-refractivity contribution in [3.63, 3.8) is 0 Å². The van der Waals surface area contributed by atoms with Crippen molar-refractivity contribution in [2.24, 2.45) is 5.92 Å². The van der Waals surface area contributed by atoms with Crippen molar-refractivity contribution in [2.45, 2.75) is 70.9 Å². The number of rotatable bonds is 11. The predicted octanol–water partition coefficient (Wildman–Crippen LogP) is 2.90. The van der Waals surface area contributed by atoms with Gasteiger partial charge in [-0.2, -0.15) is 0 Å². The summed E-state index contributed by atoms with van der Waals surface area (Å²) >= 11 is 0. The zero-order valence-corrected chi connectivity index (χ0v) is 13.5. The van der Waals surface area contributed by atoms with Gasteiger partial charge in [-0.15, -0.1) is 0 Å². The van der Waals surface area contributed by atoms with Crippen LogP contribution in [0.25, 0.3) is 0 Å². The van der Waals surface area contributed by atoms with E-state index in [0.717, 1.165) is 32.3 Å². The minimum atomic E-state index is -0.561. The molecule has 0 amide bonds. The van der Waals surface area contributed by atoms with E-state index >= 15 is 0 Å². The topological polar surface area (TPSA) is 47.6 Å². The molecule has 4 nitrogen and oxygen atoms in total. The summed E-state index contributed by atoms with van der Waals surface area (Å²) in [7, 11) is 1.46. The van der Waals surface area contributed by atoms with Crippen LogP contribution in [0.5, 0.6) is 0 Å². The molecule has 1 aliphatic rings. The van der Waals surface area contributed by atoms with Gasteiger partial charge in [0.15, 0.2) is 0 Å². The lowest BCUT2D eigenvalue weighted by atomic mass is 9.95. The molecular formula is C16H31NO3. The van der Waals surface area contributed by atoms with Crippen LogP contribution in [0.2, 0.25) is 0 Å². The van der Waals surface area contributed by atoms with Gasteiger partial charge in [0.2, 0.25) is 0 Å². The molecule has 2 unspecified atom stereocenters. The third-order valence-electron chi connectivity index (χ3n) is 3.89. The van der Waals surface area contributed by atoms with Crippen molar-refractivity contribution >= 4 is 5.97 Å². The minimum absolute atomic E-state index is 0.163. The summed E-state index contributed by atoms with van der Waals surface area (Å²) < 4.78 is 10.6. The molecule has 0 aromatic carbocycles. The molecule has 0 radical (unpaired) electrons. The van der Waals surface area contributed by atoms with Crippen LogP contribution in [0, 0.1) is 5.92 Å². The highest BCUT2D eigenvalue weighted by Gasteiger charge is 2.38. The summed E-state index contributed by atoms with van der Waals surface area (Å²) in [6.45, 7) is 7.89. The van der Waals surface area contributed by atoms with Crippen molar-refractivity contribution in [1.29, 1.82) is 0 Å². The average Bonchev–Trinajstić information content (AvgIpc) is 3.21. The maximum absolute atomic E-state index is 11.9. The summed E-state index contributed by atoms with van der Waals surface area (Å²) in [4.78, 5) is 11.9. The number of methoxy groups -OCH3 is 1. The number of carbonyl (C=O) groups is 1. The predicted molar refractivity (Wildman–Crippen MR) is 80.7 cm³/mol. The average molecular weight is 285 g/mol. The van der Waals surface area contributed by atoms with Gasteiger partial charge in [-0.3, -0.25) is 10.1 Å². The first-order valence-electron chi connectivity index (χ1n) is 7.95. The summed E-state index contributed by atoms with van der Waals surface area (Å²) in [6.07, 6.45) is 6.39. The normalized spacial score (nSPS) is 19.4. The maximum Gasteiger partial charge on any atom is 0.325 e. The van der Waals surface area contributed by atoms with Crippen molar-refractivity contribution in [3.8, 4) is 0 Å². The molecule has 1 fully saturated rings. The molecule has 0 saturated heterocycles. The van der Waals surface area contributed by atoms with E-state index in [2.05, 4.69) is 19.2 Å². The van der Waals surface area contributed by atoms with Gasteiger partial charge in [0.05, 0.1) is 7.11 Å². The first-order chi connectivity index (χ1) is 9.51. The smallest absolute Gasteiger partial charge is 0.325 e. The number of ether oxygens (including phenoxy) is 2. The van der Waals surface area contributed by atoms with Crippen LogP contribution in [0.3, 0.4) is 0 Å². The van der Waals surface area contributed by atoms with Crippen LogP contribution in [0.4, 0.5) is 0 Å². The highest BCUT2D eigenvalue weighted by atomic mass is 16.5. The second-order valence-electron chi connectivity index (χ2n) is 6.31. The third kappa shape index (κ3) is 6.23. The van der Waals surface area contributed by atoms with Crippen LogP contribution in [0.15, 0.2) is 0 Å². The Kier molecular flexibility index (Phi) is 7.52. The Morgan fingerprint density at radius 1 is 1.45 bits per heavy atom. The van der Waals surface area contributed by atoms with E-state index in [9.17, 15) is 4.79 Å². The molecule has 0 aromatic heterocycles. The zero-order chi connectivity index (χ0) is 15.0. The van der Waals surface area contributed by atoms with E-state index in [4.69, 9.17) is 9.47 Å². The Bertz CT molecular complexity index is 291. The van der Waals surface area contributed by atoms with Crippen LogP contribution in [0.1, 0.15) is 59.3 Å². The highest BCUT2D eigenvalue weighted by Crippen LogP contribution is 2.25. The molecule has 0 heterocycles. The molecule has 4 heteroatoms. The van der Waals surface area contributed by atoms with Crippen LogP contribution in [-0.4, -0.2) is 37.9 Å². The molecule has 0 bridgehead atoms. The monoisotopic (exact) mass is 285 g/mol. The van der Waals surface area contributed by atoms with Crippen molar-refractivity contribution < 1.29 is 14.3 Å². The van der Waals surface area contributed by atoms with E-state index in [1.165, 1.54) is 20.0 Å². The van der Waals surface area contributed by atoms with E-state index < -0.39 is 5.54 Å². The highest BCUT2D eigenvalue weighted by molar-refractivity contribution is 5.80. The second-order valence-corrected chi connectivity index (χ2v) is 6.31. The summed E-state index contributed by atoms with van der Waals surface area (Å²) in [5.74, 6) is 0.459. The minimum Gasteiger partial charge on any atom is -0.468 e. The lowest BCUT2D eigenvalue weighted by Crippen LogP contribution is -2.51. The molecular weight excluding hydrogens is 254 g/mol. The molecule has 1 rings (SSSR count). The van der Waals surface area contributed by atoms with Gasteiger partial charge in [-0.1, -0.05) is 20.3 Å². The fraction of sp³-hybridized carbons (Fsp3) is 0.938. The van der Waals surface area contributed by atoms with E-state index in [1.54, 1.807) is 0 Å². The Morgan fingerprint density at radius 3 is 2.70 bits per heavy atom. The second kappa shape index (κ2) is 8.63. The quantitative estimate of drug-likeness (QED) is 0.468. The van der Waals surface area contributed by atoms with Crippen LogP contribution in [-0.2, 0) is 14.3 Å². The number of nitrogens with one attached hydrogen (secondary N) is 1.